The molecule has 0 saturated heterocycles. The molecular weight excluding hydrogens is 201 g/mol. The molecule has 0 saturated carbocycles. The summed E-state index contributed by atoms with van der Waals surface area (Å²) >= 11 is 3.43. The van der Waals surface area contributed by atoms with Crippen LogP contribution in [-0.2, 0) is 0 Å². The Balaban J connectivity index is 3.21. The molecule has 0 fully saturated rings. The van der Waals surface area contributed by atoms with Crippen molar-refractivity contribution in [3.63, 3.8) is 0 Å². The van der Waals surface area contributed by atoms with Crippen molar-refractivity contribution >= 4 is 34.9 Å². The lowest BCUT2D eigenvalue weighted by Gasteiger charge is -2.17. The van der Waals surface area contributed by atoms with Crippen molar-refractivity contribution in [1.29, 1.82) is 0 Å². The van der Waals surface area contributed by atoms with Crippen LogP contribution in [0.5, 0.6) is 0 Å². The predicted molar refractivity (Wildman–Crippen MR) is 53.9 cm³/mol. The SMILES string of the molecule is [B]c1cccc(Br)c1N(C)C. The number of hydrogen-bond acceptors (Lipinski definition) is 1. The summed E-state index contributed by atoms with van der Waals surface area (Å²) in [6, 6.07) is 5.79. The lowest BCUT2D eigenvalue weighted by molar-refractivity contribution is 1.13. The van der Waals surface area contributed by atoms with Crippen molar-refractivity contribution in [3.8, 4) is 0 Å². The second-order valence-corrected chi connectivity index (χ2v) is 3.43. The van der Waals surface area contributed by atoms with Crippen LogP contribution in [0.1, 0.15) is 0 Å². The highest BCUT2D eigenvalue weighted by molar-refractivity contribution is 9.10. The monoisotopic (exact) mass is 209 g/mol. The molecule has 0 atom stereocenters. The highest BCUT2D eigenvalue weighted by atomic mass is 79.9. The summed E-state index contributed by atoms with van der Waals surface area (Å²) in [7, 11) is 9.69. The maximum Gasteiger partial charge on any atom is 0.116 e. The minimum atomic E-state index is 0.796. The fourth-order valence-corrected chi connectivity index (χ4v) is 1.74. The standard InChI is InChI=1S/C8H9BBrN/c1-11(2)8-6(9)4-3-5-7(8)10/h3-5H,1-2H3. The van der Waals surface area contributed by atoms with Crippen molar-refractivity contribution in [2.45, 2.75) is 0 Å². The average molecular weight is 210 g/mol. The van der Waals surface area contributed by atoms with E-state index in [1.807, 2.05) is 37.2 Å². The Morgan fingerprint density at radius 3 is 2.36 bits per heavy atom. The first-order valence-corrected chi connectivity index (χ1v) is 4.13. The largest absolute Gasteiger partial charge is 0.377 e. The quantitative estimate of drug-likeness (QED) is 0.631. The van der Waals surface area contributed by atoms with Crippen LogP contribution >= 0.6 is 15.9 Å². The van der Waals surface area contributed by atoms with Gasteiger partial charge >= 0.3 is 0 Å². The van der Waals surface area contributed by atoms with Crippen molar-refractivity contribution in [3.05, 3.63) is 22.7 Å². The first-order valence-electron chi connectivity index (χ1n) is 3.34. The van der Waals surface area contributed by atoms with Gasteiger partial charge < -0.3 is 4.90 Å². The van der Waals surface area contributed by atoms with Crippen LogP contribution in [0, 0.1) is 0 Å². The molecule has 1 rings (SSSR count). The van der Waals surface area contributed by atoms with Gasteiger partial charge in [0.15, 0.2) is 0 Å². The van der Waals surface area contributed by atoms with Gasteiger partial charge in [-0.15, -0.1) is 0 Å². The third kappa shape index (κ3) is 1.77. The molecule has 0 aliphatic rings. The van der Waals surface area contributed by atoms with E-state index in [0.717, 1.165) is 15.6 Å². The molecule has 2 radical (unpaired) electrons. The lowest BCUT2D eigenvalue weighted by atomic mass is 9.94. The molecular formula is C8H9BBrN. The molecule has 1 aromatic rings. The van der Waals surface area contributed by atoms with Gasteiger partial charge in [0, 0.05) is 24.3 Å². The maximum atomic E-state index is 5.75. The molecule has 0 bridgehead atoms. The van der Waals surface area contributed by atoms with Crippen LogP contribution in [0.4, 0.5) is 5.69 Å². The number of nitrogens with zero attached hydrogens (tertiary/aromatic N) is 1. The summed E-state index contributed by atoms with van der Waals surface area (Å²) in [4.78, 5) is 1.99. The highest BCUT2D eigenvalue weighted by Gasteiger charge is 2.02. The van der Waals surface area contributed by atoms with E-state index < -0.39 is 0 Å². The van der Waals surface area contributed by atoms with Gasteiger partial charge in [0.05, 0.1) is 0 Å². The molecule has 0 amide bonds. The van der Waals surface area contributed by atoms with E-state index in [0.29, 0.717) is 0 Å². The smallest absolute Gasteiger partial charge is 0.116 e. The van der Waals surface area contributed by atoms with E-state index in [-0.39, 0.29) is 0 Å². The summed E-state index contributed by atoms with van der Waals surface area (Å²) in [5.41, 5.74) is 1.83. The van der Waals surface area contributed by atoms with E-state index >= 15 is 0 Å². The van der Waals surface area contributed by atoms with Crippen molar-refractivity contribution < 1.29 is 0 Å². The van der Waals surface area contributed by atoms with Gasteiger partial charge in [0.2, 0.25) is 0 Å². The molecule has 3 heteroatoms. The van der Waals surface area contributed by atoms with Gasteiger partial charge in [-0.3, -0.25) is 0 Å². The average Bonchev–Trinajstić information content (AvgIpc) is 1.85. The van der Waals surface area contributed by atoms with E-state index in [4.69, 9.17) is 7.85 Å². The Morgan fingerprint density at radius 1 is 1.36 bits per heavy atom. The lowest BCUT2D eigenvalue weighted by Crippen LogP contribution is -2.19. The van der Waals surface area contributed by atoms with Gasteiger partial charge in [-0.2, -0.15) is 0 Å². The van der Waals surface area contributed by atoms with Crippen LogP contribution in [0.3, 0.4) is 0 Å². The maximum absolute atomic E-state index is 5.75. The molecule has 0 aliphatic carbocycles. The summed E-state index contributed by atoms with van der Waals surface area (Å²) < 4.78 is 1.03. The van der Waals surface area contributed by atoms with Gasteiger partial charge in [-0.25, -0.2) is 0 Å². The van der Waals surface area contributed by atoms with E-state index in [9.17, 15) is 0 Å². The van der Waals surface area contributed by atoms with Crippen molar-refractivity contribution in [2.75, 3.05) is 19.0 Å². The summed E-state index contributed by atoms with van der Waals surface area (Å²) in [5.74, 6) is 0. The molecule has 0 heterocycles. The van der Waals surface area contributed by atoms with Gasteiger partial charge in [0.25, 0.3) is 0 Å². The van der Waals surface area contributed by atoms with E-state index in [1.54, 1.807) is 0 Å². The molecule has 56 valence electrons. The van der Waals surface area contributed by atoms with Crippen LogP contribution in [0.2, 0.25) is 0 Å². The molecule has 0 unspecified atom stereocenters. The third-order valence-corrected chi connectivity index (χ3v) is 2.11. The summed E-state index contributed by atoms with van der Waals surface area (Å²) in [5, 5.41) is 0. The summed E-state index contributed by atoms with van der Waals surface area (Å²) in [6.07, 6.45) is 0. The van der Waals surface area contributed by atoms with Crippen LogP contribution in [0.15, 0.2) is 22.7 Å². The predicted octanol–water partition coefficient (Wildman–Crippen LogP) is 1.31. The first kappa shape index (κ1) is 8.66. The number of benzene rings is 1. The topological polar surface area (TPSA) is 3.24 Å². The third-order valence-electron chi connectivity index (χ3n) is 1.47. The Morgan fingerprint density at radius 2 is 2.00 bits per heavy atom. The Labute approximate surface area is 76.9 Å². The second kappa shape index (κ2) is 3.31. The van der Waals surface area contributed by atoms with Gasteiger partial charge in [-0.1, -0.05) is 17.6 Å². The molecule has 0 N–H and O–H groups in total. The normalized spacial score (nSPS) is 9.73. The number of para-hydroxylation sites is 1. The van der Waals surface area contributed by atoms with Gasteiger partial charge in [0.1, 0.15) is 7.85 Å². The van der Waals surface area contributed by atoms with Crippen LogP contribution in [0.25, 0.3) is 0 Å². The Kier molecular flexibility index (Phi) is 2.60. The fourth-order valence-electron chi connectivity index (χ4n) is 1.00. The molecule has 1 aromatic carbocycles. The summed E-state index contributed by atoms with van der Waals surface area (Å²) in [6.45, 7) is 0. The Bertz CT molecular complexity index is 240. The molecule has 0 spiro atoms. The molecule has 0 aliphatic heterocycles. The van der Waals surface area contributed by atoms with Crippen LogP contribution in [-0.4, -0.2) is 21.9 Å². The molecule has 1 nitrogen and oxygen atoms in total. The van der Waals surface area contributed by atoms with Gasteiger partial charge in [-0.05, 0) is 22.0 Å². The Hall–Kier alpha value is -0.435. The van der Waals surface area contributed by atoms with E-state index in [1.165, 1.54) is 0 Å². The number of rotatable bonds is 1. The number of anilines is 1. The second-order valence-electron chi connectivity index (χ2n) is 2.57. The van der Waals surface area contributed by atoms with E-state index in [2.05, 4.69) is 15.9 Å². The van der Waals surface area contributed by atoms with Crippen molar-refractivity contribution in [2.24, 2.45) is 0 Å². The highest BCUT2D eigenvalue weighted by Crippen LogP contribution is 2.20. The minimum absolute atomic E-state index is 0.796. The van der Waals surface area contributed by atoms with Crippen molar-refractivity contribution in [1.82, 2.24) is 0 Å². The number of halogens is 1. The fraction of sp³-hybridized carbons (Fsp3) is 0.250. The number of hydrogen-bond donors (Lipinski definition) is 0. The zero-order valence-corrected chi connectivity index (χ0v) is 8.22. The van der Waals surface area contributed by atoms with Crippen LogP contribution < -0.4 is 10.4 Å². The zero-order valence-electron chi connectivity index (χ0n) is 6.63. The molecule has 0 aromatic heterocycles. The first-order chi connectivity index (χ1) is 5.13. The molecule has 11 heavy (non-hydrogen) atoms. The minimum Gasteiger partial charge on any atom is -0.377 e. The zero-order chi connectivity index (χ0) is 8.43.